The summed E-state index contributed by atoms with van der Waals surface area (Å²) in [6.07, 6.45) is 0.371. The second-order valence-electron chi connectivity index (χ2n) is 7.80. The van der Waals surface area contributed by atoms with Crippen LogP contribution >= 0.6 is 15.9 Å². The average Bonchev–Trinajstić information content (AvgIpc) is 2.90. The molecular formula is C27H29BrN2O5. The Morgan fingerprint density at radius 1 is 0.886 bits per heavy atom. The predicted octanol–water partition coefficient (Wildman–Crippen LogP) is 4.23. The van der Waals surface area contributed by atoms with Crippen LogP contribution in [0.2, 0.25) is 0 Å². The van der Waals surface area contributed by atoms with Crippen LogP contribution in [0.1, 0.15) is 11.1 Å². The van der Waals surface area contributed by atoms with Crippen LogP contribution in [0, 0.1) is 0 Å². The number of halogens is 1. The number of nitrogens with one attached hydrogen (secondary N) is 1. The van der Waals surface area contributed by atoms with Crippen molar-refractivity contribution in [3.05, 3.63) is 88.4 Å². The second kappa shape index (κ2) is 12.8. The van der Waals surface area contributed by atoms with Crippen molar-refractivity contribution in [1.82, 2.24) is 10.2 Å². The van der Waals surface area contributed by atoms with Gasteiger partial charge in [0.2, 0.25) is 5.91 Å². The van der Waals surface area contributed by atoms with Gasteiger partial charge in [-0.15, -0.1) is 0 Å². The Bertz CT molecular complexity index is 1100. The zero-order chi connectivity index (χ0) is 25.2. The number of amides is 2. The number of benzene rings is 3. The van der Waals surface area contributed by atoms with Gasteiger partial charge in [-0.05, 0) is 23.3 Å². The zero-order valence-corrected chi connectivity index (χ0v) is 21.6. The fourth-order valence-electron chi connectivity index (χ4n) is 3.60. The quantitative estimate of drug-likeness (QED) is 0.393. The van der Waals surface area contributed by atoms with Crippen LogP contribution < -0.4 is 19.5 Å². The molecule has 0 saturated heterocycles. The van der Waals surface area contributed by atoms with Gasteiger partial charge in [-0.2, -0.15) is 0 Å². The maximum atomic E-state index is 13.5. The van der Waals surface area contributed by atoms with E-state index < -0.39 is 6.04 Å². The fraction of sp³-hybridized carbons (Fsp3) is 0.259. The summed E-state index contributed by atoms with van der Waals surface area (Å²) in [5, 5.41) is 2.71. The van der Waals surface area contributed by atoms with E-state index in [1.54, 1.807) is 44.4 Å². The first-order chi connectivity index (χ1) is 16.9. The molecule has 1 atom stereocenters. The number of hydrogen-bond acceptors (Lipinski definition) is 5. The molecule has 0 aliphatic rings. The third-order valence-electron chi connectivity index (χ3n) is 5.47. The summed E-state index contributed by atoms with van der Waals surface area (Å²) in [6.45, 7) is -0.00302. The minimum Gasteiger partial charge on any atom is -0.496 e. The smallest absolute Gasteiger partial charge is 0.261 e. The van der Waals surface area contributed by atoms with E-state index in [9.17, 15) is 9.59 Å². The number of hydrogen-bond donors (Lipinski definition) is 1. The normalized spacial score (nSPS) is 11.3. The lowest BCUT2D eigenvalue weighted by molar-refractivity contribution is -0.142. The predicted molar refractivity (Wildman–Crippen MR) is 138 cm³/mol. The third kappa shape index (κ3) is 7.48. The van der Waals surface area contributed by atoms with Crippen molar-refractivity contribution < 1.29 is 23.8 Å². The number of carbonyl (C=O) groups excluding carboxylic acids is 2. The minimum absolute atomic E-state index is 0.248. The second-order valence-corrected chi connectivity index (χ2v) is 8.72. The molecule has 3 rings (SSSR count). The molecule has 0 radical (unpaired) electrons. The van der Waals surface area contributed by atoms with Gasteiger partial charge in [0.25, 0.3) is 5.91 Å². The Morgan fingerprint density at radius 3 is 2.06 bits per heavy atom. The molecule has 7 nitrogen and oxygen atoms in total. The highest BCUT2D eigenvalue weighted by atomic mass is 79.9. The molecule has 0 aliphatic carbocycles. The molecule has 0 fully saturated rings. The van der Waals surface area contributed by atoms with Crippen molar-refractivity contribution in [1.29, 1.82) is 0 Å². The van der Waals surface area contributed by atoms with E-state index in [2.05, 4.69) is 21.2 Å². The van der Waals surface area contributed by atoms with Crippen molar-refractivity contribution >= 4 is 27.7 Å². The third-order valence-corrected chi connectivity index (χ3v) is 6.00. The van der Waals surface area contributed by atoms with E-state index in [0.29, 0.717) is 23.7 Å². The Kier molecular flexibility index (Phi) is 9.55. The van der Waals surface area contributed by atoms with E-state index >= 15 is 0 Å². The molecule has 0 aliphatic heterocycles. The van der Waals surface area contributed by atoms with Gasteiger partial charge in [-0.1, -0.05) is 58.4 Å². The van der Waals surface area contributed by atoms with Gasteiger partial charge in [-0.25, -0.2) is 0 Å². The van der Waals surface area contributed by atoms with E-state index in [1.165, 1.54) is 0 Å². The Labute approximate surface area is 214 Å². The number of methoxy groups -OCH3 is 2. The molecule has 35 heavy (non-hydrogen) atoms. The highest BCUT2D eigenvalue weighted by Gasteiger charge is 2.30. The lowest BCUT2D eigenvalue weighted by atomic mass is 10.0. The molecule has 3 aromatic carbocycles. The maximum absolute atomic E-state index is 13.5. The summed E-state index contributed by atoms with van der Waals surface area (Å²) in [5.41, 5.74) is 1.85. The number of rotatable bonds is 11. The largest absolute Gasteiger partial charge is 0.496 e. The molecule has 0 bridgehead atoms. The van der Waals surface area contributed by atoms with Crippen LogP contribution in [-0.4, -0.2) is 50.6 Å². The van der Waals surface area contributed by atoms with Crippen LogP contribution in [0.4, 0.5) is 0 Å². The summed E-state index contributed by atoms with van der Waals surface area (Å²) < 4.78 is 17.3. The topological polar surface area (TPSA) is 77.1 Å². The Hall–Kier alpha value is -3.52. The fourth-order valence-corrected chi connectivity index (χ4v) is 3.86. The molecule has 8 heteroatoms. The molecule has 0 saturated carbocycles. The highest BCUT2D eigenvalue weighted by molar-refractivity contribution is 9.10. The van der Waals surface area contributed by atoms with Crippen molar-refractivity contribution in [3.8, 4) is 17.2 Å². The SMILES string of the molecule is CNC(=O)[C@@H](Cc1ccccc1)N(Cc1ccc(Br)cc1)C(=O)COc1cc(OC)cc(OC)c1. The molecule has 0 spiro atoms. The van der Waals surface area contributed by atoms with Crippen LogP contribution in [0.5, 0.6) is 17.2 Å². The molecule has 1 N–H and O–H groups in total. The van der Waals surface area contributed by atoms with Gasteiger partial charge >= 0.3 is 0 Å². The summed E-state index contributed by atoms with van der Waals surface area (Å²) in [7, 11) is 4.66. The van der Waals surface area contributed by atoms with E-state index in [1.807, 2.05) is 54.6 Å². The Morgan fingerprint density at radius 2 is 1.49 bits per heavy atom. The van der Waals surface area contributed by atoms with Crippen LogP contribution in [0.15, 0.2) is 77.3 Å². The standard InChI is InChI=1S/C27H29BrN2O5/c1-29-27(32)25(13-19-7-5-4-6-8-19)30(17-20-9-11-21(28)12-10-20)26(31)18-35-24-15-22(33-2)14-23(16-24)34-3/h4-12,14-16,25H,13,17-18H2,1-3H3,(H,29,32)/t25-/m1/s1. The van der Waals surface area contributed by atoms with Gasteiger partial charge in [0.15, 0.2) is 6.61 Å². The lowest BCUT2D eigenvalue weighted by Crippen LogP contribution is -2.51. The van der Waals surface area contributed by atoms with Crippen LogP contribution in [-0.2, 0) is 22.6 Å². The summed E-state index contributed by atoms with van der Waals surface area (Å²) in [4.78, 5) is 28.0. The van der Waals surface area contributed by atoms with Gasteiger partial charge in [0.05, 0.1) is 14.2 Å². The molecule has 2 amide bonds. The molecule has 184 valence electrons. The maximum Gasteiger partial charge on any atom is 0.261 e. The van der Waals surface area contributed by atoms with E-state index in [0.717, 1.165) is 15.6 Å². The average molecular weight is 541 g/mol. The summed E-state index contributed by atoms with van der Waals surface area (Å²) in [6, 6.07) is 21.6. The molecule has 0 aromatic heterocycles. The van der Waals surface area contributed by atoms with E-state index in [-0.39, 0.29) is 25.0 Å². The van der Waals surface area contributed by atoms with Crippen molar-refractivity contribution in [2.75, 3.05) is 27.9 Å². The van der Waals surface area contributed by atoms with E-state index in [4.69, 9.17) is 14.2 Å². The monoisotopic (exact) mass is 540 g/mol. The van der Waals surface area contributed by atoms with Crippen molar-refractivity contribution in [3.63, 3.8) is 0 Å². The van der Waals surface area contributed by atoms with Crippen molar-refractivity contribution in [2.45, 2.75) is 19.0 Å². The van der Waals surface area contributed by atoms with Gasteiger partial charge in [-0.3, -0.25) is 9.59 Å². The zero-order valence-electron chi connectivity index (χ0n) is 20.0. The first kappa shape index (κ1) is 26.1. The number of ether oxygens (including phenoxy) is 3. The van der Waals surface area contributed by atoms with Crippen LogP contribution in [0.3, 0.4) is 0 Å². The Balaban J connectivity index is 1.87. The van der Waals surface area contributed by atoms with Crippen molar-refractivity contribution in [2.24, 2.45) is 0 Å². The summed E-state index contributed by atoms with van der Waals surface area (Å²) >= 11 is 3.44. The highest BCUT2D eigenvalue weighted by Crippen LogP contribution is 2.27. The number of nitrogens with zero attached hydrogens (tertiary/aromatic N) is 1. The molecule has 0 unspecified atom stereocenters. The molecule has 3 aromatic rings. The first-order valence-corrected chi connectivity index (χ1v) is 11.9. The van der Waals surface area contributed by atoms with Crippen LogP contribution in [0.25, 0.3) is 0 Å². The van der Waals surface area contributed by atoms with Gasteiger partial charge < -0.3 is 24.4 Å². The minimum atomic E-state index is -0.720. The molecular weight excluding hydrogens is 512 g/mol. The number of carbonyl (C=O) groups is 2. The number of likely N-dealkylation sites (N-methyl/N-ethyl adjacent to an activating group) is 1. The van der Waals surface area contributed by atoms with Gasteiger partial charge in [0.1, 0.15) is 23.3 Å². The van der Waals surface area contributed by atoms with Gasteiger partial charge in [0, 0.05) is 42.7 Å². The lowest BCUT2D eigenvalue weighted by Gasteiger charge is -2.31. The molecule has 0 heterocycles. The summed E-state index contributed by atoms with van der Waals surface area (Å²) in [5.74, 6) is 0.955. The first-order valence-electron chi connectivity index (χ1n) is 11.1.